The van der Waals surface area contributed by atoms with Crippen molar-refractivity contribution in [3.63, 3.8) is 0 Å². The van der Waals surface area contributed by atoms with Gasteiger partial charge in [0, 0.05) is 15.2 Å². The first-order valence-electron chi connectivity index (χ1n) is 6.05. The Morgan fingerprint density at radius 2 is 1.90 bits per heavy atom. The maximum absolute atomic E-state index is 13.2. The van der Waals surface area contributed by atoms with E-state index in [1.54, 1.807) is 18.2 Å². The number of aliphatic hydroxyl groups excluding tert-OH is 1. The molecule has 0 aliphatic rings. The van der Waals surface area contributed by atoms with E-state index < -0.39 is 5.54 Å². The van der Waals surface area contributed by atoms with Crippen molar-refractivity contribution in [1.29, 1.82) is 0 Å². The highest BCUT2D eigenvalue weighted by Crippen LogP contribution is 2.32. The Balaban J connectivity index is 2.35. The number of halogens is 3. The average molecular weight is 359 g/mol. The zero-order chi connectivity index (χ0) is 14.8. The zero-order valence-corrected chi connectivity index (χ0v) is 13.2. The zero-order valence-electron chi connectivity index (χ0n) is 10.8. The summed E-state index contributed by atoms with van der Waals surface area (Å²) in [7, 11) is 0. The smallest absolute Gasteiger partial charge is 0.124 e. The molecule has 0 aliphatic carbocycles. The molecule has 0 saturated heterocycles. The molecule has 20 heavy (non-hydrogen) atoms. The van der Waals surface area contributed by atoms with E-state index in [1.165, 1.54) is 12.1 Å². The van der Waals surface area contributed by atoms with Crippen molar-refractivity contribution in [1.82, 2.24) is 0 Å². The first-order valence-corrected chi connectivity index (χ1v) is 7.22. The van der Waals surface area contributed by atoms with Gasteiger partial charge in [0.2, 0.25) is 0 Å². The number of benzene rings is 2. The summed E-state index contributed by atoms with van der Waals surface area (Å²) in [5.74, 6) is -0.326. The largest absolute Gasteiger partial charge is 0.394 e. The second kappa shape index (κ2) is 6.12. The average Bonchev–Trinajstić information content (AvgIpc) is 2.41. The van der Waals surface area contributed by atoms with E-state index in [4.69, 9.17) is 11.6 Å². The van der Waals surface area contributed by atoms with Crippen LogP contribution >= 0.6 is 27.5 Å². The topological polar surface area (TPSA) is 32.3 Å². The Bertz CT molecular complexity index is 605. The predicted molar refractivity (Wildman–Crippen MR) is 83.6 cm³/mol. The van der Waals surface area contributed by atoms with Crippen molar-refractivity contribution in [2.45, 2.75) is 12.5 Å². The third kappa shape index (κ3) is 3.32. The van der Waals surface area contributed by atoms with Crippen LogP contribution in [-0.4, -0.2) is 11.7 Å². The van der Waals surface area contributed by atoms with Gasteiger partial charge in [-0.25, -0.2) is 4.39 Å². The van der Waals surface area contributed by atoms with Crippen LogP contribution in [0, 0.1) is 5.82 Å². The first-order chi connectivity index (χ1) is 9.44. The molecular weight excluding hydrogens is 345 g/mol. The standard InChI is InChI=1S/C15H14BrClFNO/c1-15(9-20,13-7-4-11(18)8-14(13)16)19-12-5-2-10(17)3-6-12/h2-8,19-20H,9H2,1H3. The van der Waals surface area contributed by atoms with E-state index in [-0.39, 0.29) is 12.4 Å². The van der Waals surface area contributed by atoms with Crippen LogP contribution in [0.2, 0.25) is 5.02 Å². The summed E-state index contributed by atoms with van der Waals surface area (Å²) in [6.45, 7) is 1.71. The summed E-state index contributed by atoms with van der Waals surface area (Å²) in [5.41, 5.74) is 0.860. The Hall–Kier alpha value is -1.10. The highest BCUT2D eigenvalue weighted by Gasteiger charge is 2.28. The maximum Gasteiger partial charge on any atom is 0.124 e. The van der Waals surface area contributed by atoms with E-state index in [0.717, 1.165) is 11.3 Å². The normalized spacial score (nSPS) is 13.8. The maximum atomic E-state index is 13.2. The van der Waals surface area contributed by atoms with Crippen molar-refractivity contribution < 1.29 is 9.50 Å². The van der Waals surface area contributed by atoms with Gasteiger partial charge in [-0.05, 0) is 48.9 Å². The minimum Gasteiger partial charge on any atom is -0.394 e. The fourth-order valence-corrected chi connectivity index (χ4v) is 2.90. The van der Waals surface area contributed by atoms with E-state index >= 15 is 0 Å². The second-order valence-corrected chi connectivity index (χ2v) is 6.04. The molecular formula is C15H14BrClFNO. The first kappa shape index (κ1) is 15.3. The molecule has 0 saturated carbocycles. The molecule has 2 rings (SSSR count). The molecule has 2 nitrogen and oxygen atoms in total. The molecule has 2 aromatic rings. The number of nitrogens with one attached hydrogen (secondary N) is 1. The SMILES string of the molecule is CC(CO)(Nc1ccc(Cl)cc1)c1ccc(F)cc1Br. The van der Waals surface area contributed by atoms with Gasteiger partial charge in [0.15, 0.2) is 0 Å². The van der Waals surface area contributed by atoms with Crippen molar-refractivity contribution in [2.24, 2.45) is 0 Å². The highest BCUT2D eigenvalue weighted by molar-refractivity contribution is 9.10. The molecule has 0 bridgehead atoms. The predicted octanol–water partition coefficient (Wildman–Crippen LogP) is 4.56. The van der Waals surface area contributed by atoms with Gasteiger partial charge in [-0.1, -0.05) is 33.6 Å². The molecule has 0 spiro atoms. The monoisotopic (exact) mass is 357 g/mol. The lowest BCUT2D eigenvalue weighted by Crippen LogP contribution is -2.36. The lowest BCUT2D eigenvalue weighted by Gasteiger charge is -2.31. The molecule has 0 amide bonds. The van der Waals surface area contributed by atoms with Crippen molar-refractivity contribution in [3.05, 3.63) is 63.3 Å². The molecule has 0 radical (unpaired) electrons. The summed E-state index contributed by atoms with van der Waals surface area (Å²) in [6.07, 6.45) is 0. The molecule has 0 heterocycles. The Morgan fingerprint density at radius 1 is 1.25 bits per heavy atom. The number of anilines is 1. The second-order valence-electron chi connectivity index (χ2n) is 4.75. The van der Waals surface area contributed by atoms with Crippen molar-refractivity contribution in [2.75, 3.05) is 11.9 Å². The summed E-state index contributed by atoms with van der Waals surface area (Å²) < 4.78 is 13.8. The summed E-state index contributed by atoms with van der Waals surface area (Å²) in [4.78, 5) is 0. The van der Waals surface area contributed by atoms with Crippen LogP contribution in [-0.2, 0) is 5.54 Å². The number of hydrogen-bond acceptors (Lipinski definition) is 2. The minimum absolute atomic E-state index is 0.139. The highest BCUT2D eigenvalue weighted by atomic mass is 79.9. The van der Waals surface area contributed by atoms with Crippen LogP contribution in [0.5, 0.6) is 0 Å². The number of rotatable bonds is 4. The molecule has 2 N–H and O–H groups in total. The van der Waals surface area contributed by atoms with Gasteiger partial charge >= 0.3 is 0 Å². The number of aliphatic hydroxyl groups is 1. The molecule has 5 heteroatoms. The van der Waals surface area contributed by atoms with Gasteiger partial charge in [-0.3, -0.25) is 0 Å². The lowest BCUT2D eigenvalue weighted by atomic mass is 9.92. The molecule has 106 valence electrons. The summed E-state index contributed by atoms with van der Waals surface area (Å²) in [6, 6.07) is 11.6. The van der Waals surface area contributed by atoms with Crippen LogP contribution < -0.4 is 5.32 Å². The molecule has 0 aromatic heterocycles. The van der Waals surface area contributed by atoms with Gasteiger partial charge in [-0.2, -0.15) is 0 Å². The third-order valence-corrected chi connectivity index (χ3v) is 4.01. The van der Waals surface area contributed by atoms with Gasteiger partial charge in [0.1, 0.15) is 5.82 Å². The molecule has 2 aromatic carbocycles. The Kier molecular flexibility index (Phi) is 4.68. The Labute approximate surface area is 130 Å². The van der Waals surface area contributed by atoms with Crippen LogP contribution in [0.3, 0.4) is 0 Å². The van der Waals surface area contributed by atoms with E-state index in [2.05, 4.69) is 21.2 Å². The van der Waals surface area contributed by atoms with E-state index in [9.17, 15) is 9.50 Å². The van der Waals surface area contributed by atoms with Crippen LogP contribution in [0.1, 0.15) is 12.5 Å². The van der Waals surface area contributed by atoms with Gasteiger partial charge in [0.05, 0.1) is 12.1 Å². The summed E-state index contributed by atoms with van der Waals surface area (Å²) in [5, 5.41) is 13.6. The van der Waals surface area contributed by atoms with Crippen molar-refractivity contribution in [3.8, 4) is 0 Å². The fraction of sp³-hybridized carbons (Fsp3) is 0.200. The fourth-order valence-electron chi connectivity index (χ4n) is 1.98. The lowest BCUT2D eigenvalue weighted by molar-refractivity contribution is 0.223. The summed E-state index contributed by atoms with van der Waals surface area (Å²) >= 11 is 9.19. The van der Waals surface area contributed by atoms with Crippen molar-refractivity contribution >= 4 is 33.2 Å². The number of hydrogen-bond donors (Lipinski definition) is 2. The third-order valence-electron chi connectivity index (χ3n) is 3.11. The minimum atomic E-state index is -0.736. The van der Waals surface area contributed by atoms with E-state index in [1.807, 2.05) is 19.1 Å². The molecule has 0 fully saturated rings. The Morgan fingerprint density at radius 3 is 2.45 bits per heavy atom. The van der Waals surface area contributed by atoms with E-state index in [0.29, 0.717) is 9.50 Å². The van der Waals surface area contributed by atoms with Crippen LogP contribution in [0.25, 0.3) is 0 Å². The van der Waals surface area contributed by atoms with Gasteiger partial charge in [0.25, 0.3) is 0 Å². The van der Waals surface area contributed by atoms with Crippen LogP contribution in [0.15, 0.2) is 46.9 Å². The van der Waals surface area contributed by atoms with Gasteiger partial charge < -0.3 is 10.4 Å². The molecule has 1 unspecified atom stereocenters. The van der Waals surface area contributed by atoms with Gasteiger partial charge in [-0.15, -0.1) is 0 Å². The molecule has 0 aliphatic heterocycles. The molecule has 1 atom stereocenters. The van der Waals surface area contributed by atoms with Crippen LogP contribution in [0.4, 0.5) is 10.1 Å². The quantitative estimate of drug-likeness (QED) is 0.839.